The van der Waals surface area contributed by atoms with Gasteiger partial charge < -0.3 is 10.0 Å². The molecule has 1 atom stereocenters. The Bertz CT molecular complexity index is 943. The van der Waals surface area contributed by atoms with E-state index in [0.29, 0.717) is 11.3 Å². The van der Waals surface area contributed by atoms with Gasteiger partial charge in [0.2, 0.25) is 5.91 Å². The van der Waals surface area contributed by atoms with E-state index in [-0.39, 0.29) is 13.1 Å². The molecule has 1 amide bonds. The summed E-state index contributed by atoms with van der Waals surface area (Å²) >= 11 is 0. The van der Waals surface area contributed by atoms with Crippen LogP contribution < -0.4 is 16.1 Å². The predicted octanol–water partition coefficient (Wildman–Crippen LogP) is -0.238. The highest BCUT2D eigenvalue weighted by Crippen LogP contribution is 2.36. The van der Waals surface area contributed by atoms with Gasteiger partial charge >= 0.3 is 11.7 Å². The summed E-state index contributed by atoms with van der Waals surface area (Å²) < 4.78 is 2.03. The van der Waals surface area contributed by atoms with E-state index < -0.39 is 29.0 Å². The molecule has 0 spiro atoms. The van der Waals surface area contributed by atoms with Crippen molar-refractivity contribution < 1.29 is 14.7 Å². The third-order valence-electron chi connectivity index (χ3n) is 4.13. The molecule has 0 radical (unpaired) electrons. The second-order valence-electron chi connectivity index (χ2n) is 5.58. The van der Waals surface area contributed by atoms with Crippen molar-refractivity contribution in [3.63, 3.8) is 0 Å². The van der Waals surface area contributed by atoms with E-state index in [2.05, 4.69) is 0 Å². The number of nitrogens with zero attached hydrogens (tertiary/aromatic N) is 3. The van der Waals surface area contributed by atoms with Gasteiger partial charge in [0.15, 0.2) is 0 Å². The largest absolute Gasteiger partial charge is 0.481 e. The lowest BCUT2D eigenvalue weighted by molar-refractivity contribution is -0.138. The fraction of sp³-hybridized carbons (Fsp3) is 0.250. The Morgan fingerprint density at radius 1 is 1.21 bits per heavy atom. The van der Waals surface area contributed by atoms with Crippen molar-refractivity contribution in [1.29, 1.82) is 0 Å². The number of amides is 1. The summed E-state index contributed by atoms with van der Waals surface area (Å²) in [6.07, 6.45) is 1.26. The lowest BCUT2D eigenvalue weighted by Gasteiger charge is -2.18. The first-order valence-electron chi connectivity index (χ1n) is 7.28. The molecule has 1 aliphatic heterocycles. The van der Waals surface area contributed by atoms with Gasteiger partial charge in [0.05, 0.1) is 0 Å². The van der Waals surface area contributed by atoms with E-state index in [1.54, 1.807) is 24.3 Å². The van der Waals surface area contributed by atoms with Crippen molar-refractivity contribution in [1.82, 2.24) is 9.13 Å². The number of carboxylic acid groups (broad SMARTS) is 1. The highest BCUT2D eigenvalue weighted by atomic mass is 16.4. The zero-order valence-electron chi connectivity index (χ0n) is 12.9. The van der Waals surface area contributed by atoms with E-state index in [9.17, 15) is 24.3 Å². The number of hydrogen-bond donors (Lipinski definition) is 1. The minimum Gasteiger partial charge on any atom is -0.481 e. The first kappa shape index (κ1) is 15.7. The van der Waals surface area contributed by atoms with Crippen LogP contribution in [0.3, 0.4) is 0 Å². The molecule has 124 valence electrons. The third kappa shape index (κ3) is 2.51. The number of carboxylic acids is 1. The molecule has 0 saturated heterocycles. The molecule has 24 heavy (non-hydrogen) atoms. The Morgan fingerprint density at radius 2 is 1.92 bits per heavy atom. The molecular weight excluding hydrogens is 314 g/mol. The van der Waals surface area contributed by atoms with E-state index in [1.807, 2.05) is 0 Å². The van der Waals surface area contributed by atoms with Crippen molar-refractivity contribution in [2.24, 2.45) is 7.05 Å². The maximum absolute atomic E-state index is 12.6. The topological polar surface area (TPSA) is 102 Å². The summed E-state index contributed by atoms with van der Waals surface area (Å²) in [7, 11) is 1.33. The predicted molar refractivity (Wildman–Crippen MR) is 85.1 cm³/mol. The molecule has 0 fully saturated rings. The molecule has 8 nitrogen and oxygen atoms in total. The molecule has 0 aliphatic carbocycles. The molecule has 1 aromatic carbocycles. The molecule has 0 bridgehead atoms. The Labute approximate surface area is 136 Å². The minimum absolute atomic E-state index is 0.0219. The van der Waals surface area contributed by atoms with E-state index >= 15 is 0 Å². The number of anilines is 1. The standard InChI is InChI=1S/C16H15N3O5/c1-17-13(20)6-7-18(16(17)24)9-14(21)19-8-11(15(22)23)10-4-2-3-5-12(10)19/h2-7,11H,8-9H2,1H3,(H,22,23). The summed E-state index contributed by atoms with van der Waals surface area (Å²) in [5, 5.41) is 9.33. The molecule has 1 aromatic heterocycles. The molecule has 2 aromatic rings. The summed E-state index contributed by atoms with van der Waals surface area (Å²) in [6.45, 7) is -0.248. The average molecular weight is 329 g/mol. The Hall–Kier alpha value is -3.16. The molecule has 0 saturated carbocycles. The quantitative estimate of drug-likeness (QED) is 0.837. The van der Waals surface area contributed by atoms with E-state index in [4.69, 9.17) is 0 Å². The van der Waals surface area contributed by atoms with E-state index in [1.165, 1.54) is 24.2 Å². The zero-order valence-corrected chi connectivity index (χ0v) is 12.9. The smallest absolute Gasteiger partial charge is 0.331 e. The van der Waals surface area contributed by atoms with Gasteiger partial charge in [0, 0.05) is 31.5 Å². The van der Waals surface area contributed by atoms with Gasteiger partial charge in [0.1, 0.15) is 12.5 Å². The maximum atomic E-state index is 12.6. The molecule has 1 N–H and O–H groups in total. The fourth-order valence-electron chi connectivity index (χ4n) is 2.82. The van der Waals surface area contributed by atoms with Gasteiger partial charge in [-0.25, -0.2) is 4.79 Å². The van der Waals surface area contributed by atoms with Crippen LogP contribution in [-0.2, 0) is 23.2 Å². The zero-order chi connectivity index (χ0) is 17.4. The SMILES string of the molecule is Cn1c(=O)ccn(CC(=O)N2CC(C(=O)O)c3ccccc32)c1=O. The van der Waals surface area contributed by atoms with Crippen LogP contribution in [0.4, 0.5) is 5.69 Å². The maximum Gasteiger partial charge on any atom is 0.331 e. The first-order chi connectivity index (χ1) is 11.4. The number of hydrogen-bond acceptors (Lipinski definition) is 4. The number of aliphatic carboxylic acids is 1. The van der Waals surface area contributed by atoms with Crippen molar-refractivity contribution in [3.8, 4) is 0 Å². The van der Waals surface area contributed by atoms with Crippen molar-refractivity contribution >= 4 is 17.6 Å². The molecule has 8 heteroatoms. The third-order valence-corrected chi connectivity index (χ3v) is 4.13. The number of carbonyl (C=O) groups excluding carboxylic acids is 1. The number of para-hydroxylation sites is 1. The fourth-order valence-corrected chi connectivity index (χ4v) is 2.82. The molecule has 2 heterocycles. The van der Waals surface area contributed by atoms with Crippen LogP contribution in [0.5, 0.6) is 0 Å². The lowest BCUT2D eigenvalue weighted by Crippen LogP contribution is -2.41. The molecule has 3 rings (SSSR count). The Kier molecular flexibility index (Phi) is 3.80. The number of carbonyl (C=O) groups is 2. The minimum atomic E-state index is -1.00. The number of aromatic nitrogens is 2. The van der Waals surface area contributed by atoms with Crippen molar-refractivity contribution in [2.75, 3.05) is 11.4 Å². The van der Waals surface area contributed by atoms with Gasteiger partial charge in [-0.2, -0.15) is 0 Å². The number of rotatable bonds is 3. The number of benzene rings is 1. The summed E-state index contributed by atoms with van der Waals surface area (Å²) in [5.74, 6) is -2.20. The Balaban J connectivity index is 1.92. The van der Waals surface area contributed by atoms with Gasteiger partial charge in [-0.3, -0.25) is 23.5 Å². The van der Waals surface area contributed by atoms with Crippen LogP contribution in [0.1, 0.15) is 11.5 Å². The highest BCUT2D eigenvalue weighted by Gasteiger charge is 2.36. The van der Waals surface area contributed by atoms with Crippen LogP contribution in [0, 0.1) is 0 Å². The normalized spacial score (nSPS) is 16.0. The van der Waals surface area contributed by atoms with Crippen LogP contribution >= 0.6 is 0 Å². The first-order valence-corrected chi connectivity index (χ1v) is 7.28. The van der Waals surface area contributed by atoms with Crippen molar-refractivity contribution in [2.45, 2.75) is 12.5 Å². The summed E-state index contributed by atoms with van der Waals surface area (Å²) in [4.78, 5) is 48.8. The second kappa shape index (κ2) is 5.80. The Morgan fingerprint density at radius 3 is 2.62 bits per heavy atom. The molecule has 1 aliphatic rings. The summed E-state index contributed by atoms with van der Waals surface area (Å²) in [5.41, 5.74) is 0.0539. The average Bonchev–Trinajstić information content (AvgIpc) is 2.95. The molecular formula is C16H15N3O5. The van der Waals surface area contributed by atoms with Crippen LogP contribution in [0.25, 0.3) is 0 Å². The van der Waals surface area contributed by atoms with Crippen LogP contribution in [0.15, 0.2) is 46.1 Å². The van der Waals surface area contributed by atoms with Crippen molar-refractivity contribution in [3.05, 3.63) is 62.9 Å². The van der Waals surface area contributed by atoms with E-state index in [0.717, 1.165) is 9.13 Å². The summed E-state index contributed by atoms with van der Waals surface area (Å²) in [6, 6.07) is 8.01. The van der Waals surface area contributed by atoms with Crippen LogP contribution in [-0.4, -0.2) is 32.7 Å². The van der Waals surface area contributed by atoms with Gasteiger partial charge in [-0.15, -0.1) is 0 Å². The van der Waals surface area contributed by atoms with Gasteiger partial charge in [0.25, 0.3) is 5.56 Å². The number of fused-ring (bicyclic) bond motifs is 1. The van der Waals surface area contributed by atoms with Crippen LogP contribution in [0.2, 0.25) is 0 Å². The van der Waals surface area contributed by atoms with Gasteiger partial charge in [-0.1, -0.05) is 18.2 Å². The molecule has 1 unspecified atom stereocenters. The van der Waals surface area contributed by atoms with Gasteiger partial charge in [-0.05, 0) is 11.6 Å². The lowest BCUT2D eigenvalue weighted by atomic mass is 10.0. The monoisotopic (exact) mass is 329 g/mol. The second-order valence-corrected chi connectivity index (χ2v) is 5.58. The highest BCUT2D eigenvalue weighted by molar-refractivity contribution is 5.98.